The summed E-state index contributed by atoms with van der Waals surface area (Å²) >= 11 is 11.9. The number of quaternary nitrogens is 1. The molecule has 22 heavy (non-hydrogen) atoms. The van der Waals surface area contributed by atoms with Gasteiger partial charge in [-0.15, -0.1) is 0 Å². The third-order valence-electron chi connectivity index (χ3n) is 3.10. The summed E-state index contributed by atoms with van der Waals surface area (Å²) in [7, 11) is 0. The molecule has 0 heterocycles. The molecule has 0 aliphatic carbocycles. The maximum absolute atomic E-state index is 12.5. The number of aliphatic hydroxyl groups excluding tert-OH is 1. The largest absolute Gasteiger partial charge is 0.391 e. The van der Waals surface area contributed by atoms with Crippen molar-refractivity contribution in [1.29, 1.82) is 0 Å². The Morgan fingerprint density at radius 3 is 2.36 bits per heavy atom. The van der Waals surface area contributed by atoms with Crippen molar-refractivity contribution in [2.24, 2.45) is 0 Å². The van der Waals surface area contributed by atoms with Gasteiger partial charge in [0.1, 0.15) is 0 Å². The van der Waals surface area contributed by atoms with E-state index in [0.717, 1.165) is 5.56 Å². The van der Waals surface area contributed by atoms with E-state index in [1.807, 2.05) is 30.3 Å². The summed E-state index contributed by atoms with van der Waals surface area (Å²) in [6, 6.07) is 13.8. The maximum atomic E-state index is 12.5. The van der Waals surface area contributed by atoms with Crippen LogP contribution in [0.25, 0.3) is 0 Å². The zero-order valence-electron chi connectivity index (χ0n) is 11.8. The van der Waals surface area contributed by atoms with Gasteiger partial charge in [-0.25, -0.2) is 0 Å². The highest BCUT2D eigenvalue weighted by molar-refractivity contribution is 6.35. The van der Waals surface area contributed by atoms with Gasteiger partial charge in [0.05, 0.1) is 13.2 Å². The first-order chi connectivity index (χ1) is 10.6. The summed E-state index contributed by atoms with van der Waals surface area (Å²) in [5.74, 6) is -0.196. The molecule has 2 aromatic carbocycles. The molecule has 0 saturated carbocycles. The Bertz CT molecular complexity index is 615. The molecule has 0 aliphatic heterocycles. The van der Waals surface area contributed by atoms with Crippen LogP contribution < -0.4 is 10.6 Å². The molecule has 2 aromatic rings. The second-order valence-electron chi connectivity index (χ2n) is 4.78. The number of carbonyl (C=O) groups is 1. The second kappa shape index (κ2) is 8.15. The molecule has 1 atom stereocenters. The van der Waals surface area contributed by atoms with Crippen molar-refractivity contribution in [1.82, 2.24) is 0 Å². The number of anilines is 1. The number of nitrogens with one attached hydrogen (secondary N) is 1. The van der Waals surface area contributed by atoms with Gasteiger partial charge in [-0.05, 0) is 18.2 Å². The van der Waals surface area contributed by atoms with E-state index in [9.17, 15) is 4.79 Å². The van der Waals surface area contributed by atoms with Crippen LogP contribution in [0.15, 0.2) is 48.5 Å². The highest BCUT2D eigenvalue weighted by atomic mass is 35.5. The normalized spacial score (nSPS) is 12.0. The van der Waals surface area contributed by atoms with E-state index in [4.69, 9.17) is 28.3 Å². The lowest BCUT2D eigenvalue weighted by atomic mass is 10.1. The number of rotatable bonds is 6. The van der Waals surface area contributed by atoms with E-state index in [2.05, 4.69) is 5.32 Å². The average molecular weight is 340 g/mol. The SMILES string of the molecule is O=C(Nc1cc(Cl)cc(Cl)c1)[C@@H]([NH2+]CCO)c1ccccc1. The van der Waals surface area contributed by atoms with Gasteiger partial charge in [-0.2, -0.15) is 0 Å². The fourth-order valence-corrected chi connectivity index (χ4v) is 2.67. The van der Waals surface area contributed by atoms with Crippen LogP contribution in [0.2, 0.25) is 10.0 Å². The molecule has 0 radical (unpaired) electrons. The lowest BCUT2D eigenvalue weighted by Gasteiger charge is -2.15. The van der Waals surface area contributed by atoms with Crippen LogP contribution in [0.4, 0.5) is 5.69 Å². The minimum atomic E-state index is -0.453. The number of nitrogens with two attached hydrogens (primary N) is 1. The van der Waals surface area contributed by atoms with E-state index in [1.54, 1.807) is 23.5 Å². The van der Waals surface area contributed by atoms with Gasteiger partial charge in [0.15, 0.2) is 6.04 Å². The Morgan fingerprint density at radius 2 is 1.77 bits per heavy atom. The Labute approximate surface area is 139 Å². The van der Waals surface area contributed by atoms with E-state index < -0.39 is 6.04 Å². The molecular formula is C16H17Cl2N2O2+. The lowest BCUT2D eigenvalue weighted by Crippen LogP contribution is -2.88. The van der Waals surface area contributed by atoms with Gasteiger partial charge in [0.25, 0.3) is 5.91 Å². The third kappa shape index (κ3) is 4.71. The minimum absolute atomic E-state index is 0.000390. The molecule has 0 fully saturated rings. The topological polar surface area (TPSA) is 65.9 Å². The fraction of sp³-hybridized carbons (Fsp3) is 0.188. The highest BCUT2D eigenvalue weighted by Gasteiger charge is 2.23. The summed E-state index contributed by atoms with van der Waals surface area (Å²) in [5, 5.41) is 14.5. The molecule has 0 aromatic heterocycles. The standard InChI is InChI=1S/C16H16Cl2N2O2/c17-12-8-13(18)10-14(9-12)20-16(22)15(19-6-7-21)11-4-2-1-3-5-11/h1-5,8-10,15,19,21H,6-7H2,(H,20,22)/p+1/t15-/m0/s1. The van der Waals surface area contributed by atoms with Crippen LogP contribution in [-0.4, -0.2) is 24.2 Å². The Hall–Kier alpha value is -1.59. The molecule has 0 bridgehead atoms. The lowest BCUT2D eigenvalue weighted by molar-refractivity contribution is -0.683. The summed E-state index contributed by atoms with van der Waals surface area (Å²) < 4.78 is 0. The zero-order valence-corrected chi connectivity index (χ0v) is 13.3. The first-order valence-electron chi connectivity index (χ1n) is 6.86. The number of aliphatic hydroxyl groups is 1. The van der Waals surface area contributed by atoms with Crippen molar-refractivity contribution in [3.63, 3.8) is 0 Å². The van der Waals surface area contributed by atoms with Gasteiger partial charge < -0.3 is 15.7 Å². The molecular weight excluding hydrogens is 323 g/mol. The maximum Gasteiger partial charge on any atom is 0.287 e. The van der Waals surface area contributed by atoms with Crippen LogP contribution in [0.1, 0.15) is 11.6 Å². The quantitative estimate of drug-likeness (QED) is 0.755. The monoisotopic (exact) mass is 339 g/mol. The Balaban J connectivity index is 2.18. The van der Waals surface area contributed by atoms with Gasteiger partial charge in [0.2, 0.25) is 0 Å². The van der Waals surface area contributed by atoms with E-state index in [-0.39, 0.29) is 12.5 Å². The first kappa shape index (κ1) is 16.8. The van der Waals surface area contributed by atoms with Crippen LogP contribution >= 0.6 is 23.2 Å². The van der Waals surface area contributed by atoms with Crippen molar-refractivity contribution >= 4 is 34.8 Å². The summed E-state index contributed by atoms with van der Waals surface area (Å²) in [4.78, 5) is 12.5. The van der Waals surface area contributed by atoms with Crippen LogP contribution in [-0.2, 0) is 4.79 Å². The molecule has 0 spiro atoms. The number of amides is 1. The molecule has 1 amide bonds. The summed E-state index contributed by atoms with van der Waals surface area (Å²) in [5.41, 5.74) is 1.41. The van der Waals surface area contributed by atoms with Crippen LogP contribution in [0.5, 0.6) is 0 Å². The minimum Gasteiger partial charge on any atom is -0.391 e. The molecule has 0 saturated heterocycles. The second-order valence-corrected chi connectivity index (χ2v) is 5.66. The molecule has 116 valence electrons. The van der Waals surface area contributed by atoms with Crippen molar-refractivity contribution < 1.29 is 15.2 Å². The van der Waals surface area contributed by atoms with Gasteiger partial charge in [-0.1, -0.05) is 53.5 Å². The van der Waals surface area contributed by atoms with Crippen LogP contribution in [0, 0.1) is 0 Å². The van der Waals surface area contributed by atoms with E-state index in [0.29, 0.717) is 22.3 Å². The van der Waals surface area contributed by atoms with Gasteiger partial charge in [-0.3, -0.25) is 4.79 Å². The molecule has 4 nitrogen and oxygen atoms in total. The fourth-order valence-electron chi connectivity index (χ4n) is 2.14. The van der Waals surface area contributed by atoms with E-state index in [1.165, 1.54) is 0 Å². The van der Waals surface area contributed by atoms with Crippen LogP contribution in [0.3, 0.4) is 0 Å². The van der Waals surface area contributed by atoms with Crippen molar-refractivity contribution in [3.8, 4) is 0 Å². The smallest absolute Gasteiger partial charge is 0.287 e. The number of carbonyl (C=O) groups excluding carboxylic acids is 1. The highest BCUT2D eigenvalue weighted by Crippen LogP contribution is 2.23. The molecule has 2 rings (SSSR count). The predicted octanol–water partition coefficient (Wildman–Crippen LogP) is 2.23. The number of benzene rings is 2. The van der Waals surface area contributed by atoms with E-state index >= 15 is 0 Å². The number of hydrogen-bond acceptors (Lipinski definition) is 2. The molecule has 0 aliphatic rings. The van der Waals surface area contributed by atoms with Gasteiger partial charge >= 0.3 is 0 Å². The predicted molar refractivity (Wildman–Crippen MR) is 88.2 cm³/mol. The zero-order chi connectivity index (χ0) is 15.9. The van der Waals surface area contributed by atoms with Gasteiger partial charge in [0, 0.05) is 21.3 Å². The third-order valence-corrected chi connectivity index (χ3v) is 3.54. The summed E-state index contributed by atoms with van der Waals surface area (Å²) in [6.45, 7) is 0.433. The van der Waals surface area contributed by atoms with Crippen molar-refractivity contribution in [2.45, 2.75) is 6.04 Å². The summed E-state index contributed by atoms with van der Waals surface area (Å²) in [6.07, 6.45) is 0. The number of halogens is 2. The molecule has 4 N–H and O–H groups in total. The average Bonchev–Trinajstić information content (AvgIpc) is 2.47. The first-order valence-corrected chi connectivity index (χ1v) is 7.62. The number of hydrogen-bond donors (Lipinski definition) is 3. The molecule has 0 unspecified atom stereocenters. The Morgan fingerprint density at radius 1 is 1.14 bits per heavy atom. The molecule has 6 heteroatoms. The van der Waals surface area contributed by atoms with Crippen molar-refractivity contribution in [2.75, 3.05) is 18.5 Å². The van der Waals surface area contributed by atoms with Crippen molar-refractivity contribution in [3.05, 3.63) is 64.1 Å². The Kier molecular flexibility index (Phi) is 6.21.